The van der Waals surface area contributed by atoms with Gasteiger partial charge in [0.25, 0.3) is 5.56 Å². The first-order valence-electron chi connectivity index (χ1n) is 7.16. The maximum absolute atomic E-state index is 12.2. The molecule has 1 amide bonds. The van der Waals surface area contributed by atoms with Crippen LogP contribution in [0.2, 0.25) is 0 Å². The number of nitrogens with one attached hydrogen (secondary N) is 2. The van der Waals surface area contributed by atoms with E-state index in [0.717, 1.165) is 16.8 Å². The van der Waals surface area contributed by atoms with Crippen LogP contribution in [0, 0.1) is 0 Å². The molecular formula is C16H12F3N3O3. The maximum atomic E-state index is 12.2. The first kappa shape index (κ1) is 16.6. The normalized spacial score (nSPS) is 11.5. The largest absolute Gasteiger partial charge is 0.573 e. The third-order valence-electron chi connectivity index (χ3n) is 3.37. The van der Waals surface area contributed by atoms with E-state index in [-0.39, 0.29) is 12.3 Å². The highest BCUT2D eigenvalue weighted by Gasteiger charge is 2.31. The van der Waals surface area contributed by atoms with Crippen LogP contribution in [0.15, 0.2) is 53.3 Å². The predicted molar refractivity (Wildman–Crippen MR) is 83.3 cm³/mol. The van der Waals surface area contributed by atoms with Crippen LogP contribution in [0.5, 0.6) is 5.75 Å². The molecule has 3 rings (SSSR count). The van der Waals surface area contributed by atoms with Crippen molar-refractivity contribution < 1.29 is 22.7 Å². The third kappa shape index (κ3) is 3.82. The summed E-state index contributed by atoms with van der Waals surface area (Å²) >= 11 is 0. The average molecular weight is 351 g/mol. The van der Waals surface area contributed by atoms with Gasteiger partial charge in [-0.05, 0) is 29.8 Å². The molecule has 0 bridgehead atoms. The summed E-state index contributed by atoms with van der Waals surface area (Å²) in [6, 6.07) is 11.1. The lowest BCUT2D eigenvalue weighted by molar-refractivity contribution is -0.274. The average Bonchev–Trinajstić information content (AvgIpc) is 2.89. The van der Waals surface area contributed by atoms with E-state index >= 15 is 0 Å². The van der Waals surface area contributed by atoms with E-state index in [1.54, 1.807) is 24.3 Å². The number of ether oxygens (including phenoxy) is 1. The maximum Gasteiger partial charge on any atom is 0.573 e. The van der Waals surface area contributed by atoms with E-state index in [4.69, 9.17) is 0 Å². The van der Waals surface area contributed by atoms with Gasteiger partial charge in [-0.2, -0.15) is 4.68 Å². The summed E-state index contributed by atoms with van der Waals surface area (Å²) in [7, 11) is 0. The smallest absolute Gasteiger partial charge is 0.406 e. The second-order valence-corrected chi connectivity index (χ2v) is 5.15. The van der Waals surface area contributed by atoms with Crippen molar-refractivity contribution in [2.75, 3.05) is 0 Å². The Balaban J connectivity index is 1.73. The van der Waals surface area contributed by atoms with Crippen LogP contribution in [0.1, 0.15) is 5.56 Å². The highest BCUT2D eigenvalue weighted by atomic mass is 19.4. The topological polar surface area (TPSA) is 76.1 Å². The van der Waals surface area contributed by atoms with Gasteiger partial charge in [0.1, 0.15) is 5.75 Å². The fourth-order valence-corrected chi connectivity index (χ4v) is 2.31. The summed E-state index contributed by atoms with van der Waals surface area (Å²) < 4.78 is 41.3. The zero-order valence-corrected chi connectivity index (χ0v) is 12.6. The molecule has 0 saturated carbocycles. The molecule has 1 aromatic heterocycles. The first-order valence-corrected chi connectivity index (χ1v) is 7.16. The zero-order chi connectivity index (χ0) is 18.0. The zero-order valence-electron chi connectivity index (χ0n) is 12.6. The minimum atomic E-state index is -4.79. The molecule has 0 spiro atoms. The molecule has 0 unspecified atom stereocenters. The standard InChI is InChI=1S/C16H12F3N3O3/c17-16(18,19)25-11-5-3-4-10(8-11)9-20-15(24)22-14(23)12-6-1-2-7-13(12)21-22/h1-8,21H,9H2,(H,20,24). The third-order valence-corrected chi connectivity index (χ3v) is 3.37. The number of aromatic amines is 1. The molecule has 1 heterocycles. The van der Waals surface area contributed by atoms with Crippen molar-refractivity contribution in [1.29, 1.82) is 0 Å². The highest BCUT2D eigenvalue weighted by Crippen LogP contribution is 2.23. The van der Waals surface area contributed by atoms with Crippen LogP contribution in [0.4, 0.5) is 18.0 Å². The molecule has 2 aromatic carbocycles. The molecule has 2 N–H and O–H groups in total. The first-order chi connectivity index (χ1) is 11.8. The van der Waals surface area contributed by atoms with Crippen LogP contribution in [-0.2, 0) is 6.54 Å². The fourth-order valence-electron chi connectivity index (χ4n) is 2.31. The van der Waals surface area contributed by atoms with Gasteiger partial charge in [0, 0.05) is 6.54 Å². The fraction of sp³-hybridized carbons (Fsp3) is 0.125. The Bertz CT molecular complexity index is 976. The van der Waals surface area contributed by atoms with Gasteiger partial charge < -0.3 is 10.1 Å². The molecule has 0 saturated heterocycles. The minimum absolute atomic E-state index is 0.0737. The van der Waals surface area contributed by atoms with Gasteiger partial charge in [-0.1, -0.05) is 24.3 Å². The molecule has 0 aliphatic rings. The summed E-state index contributed by atoms with van der Waals surface area (Å²) in [5.41, 5.74) is 0.379. The molecule has 6 nitrogen and oxygen atoms in total. The van der Waals surface area contributed by atoms with Gasteiger partial charge in [0.05, 0.1) is 10.9 Å². The second-order valence-electron chi connectivity index (χ2n) is 5.15. The lowest BCUT2D eigenvalue weighted by Gasteiger charge is -2.10. The van der Waals surface area contributed by atoms with Crippen molar-refractivity contribution in [3.63, 3.8) is 0 Å². The Morgan fingerprint density at radius 1 is 1.16 bits per heavy atom. The lowest BCUT2D eigenvalue weighted by Crippen LogP contribution is -2.35. The highest BCUT2D eigenvalue weighted by molar-refractivity contribution is 5.84. The monoisotopic (exact) mass is 351 g/mol. The van der Waals surface area contributed by atoms with Crippen molar-refractivity contribution in [3.8, 4) is 5.75 Å². The molecule has 9 heteroatoms. The number of aromatic nitrogens is 2. The van der Waals surface area contributed by atoms with Crippen molar-refractivity contribution in [2.24, 2.45) is 0 Å². The van der Waals surface area contributed by atoms with Crippen molar-refractivity contribution in [3.05, 3.63) is 64.4 Å². The van der Waals surface area contributed by atoms with E-state index in [9.17, 15) is 22.8 Å². The number of carbonyl (C=O) groups is 1. The number of amides is 1. The number of alkyl halides is 3. The second kappa shape index (κ2) is 6.34. The van der Waals surface area contributed by atoms with Crippen LogP contribution >= 0.6 is 0 Å². The molecule has 0 fully saturated rings. The number of halogens is 3. The van der Waals surface area contributed by atoms with Gasteiger partial charge in [-0.25, -0.2) is 4.79 Å². The van der Waals surface area contributed by atoms with Crippen molar-refractivity contribution >= 4 is 16.9 Å². The number of hydrogen-bond acceptors (Lipinski definition) is 3. The van der Waals surface area contributed by atoms with Crippen LogP contribution in [0.3, 0.4) is 0 Å². The van der Waals surface area contributed by atoms with Gasteiger partial charge in [0.2, 0.25) is 0 Å². The van der Waals surface area contributed by atoms with E-state index in [1.807, 2.05) is 0 Å². The number of benzene rings is 2. The number of hydrogen-bond donors (Lipinski definition) is 2. The Labute approximate surface area is 138 Å². The van der Waals surface area contributed by atoms with Crippen LogP contribution in [0.25, 0.3) is 10.9 Å². The molecule has 25 heavy (non-hydrogen) atoms. The molecule has 0 atom stereocenters. The van der Waals surface area contributed by atoms with Gasteiger partial charge in [-0.3, -0.25) is 9.89 Å². The Morgan fingerprint density at radius 3 is 2.64 bits per heavy atom. The molecular weight excluding hydrogens is 339 g/mol. The van der Waals surface area contributed by atoms with E-state index in [1.165, 1.54) is 12.1 Å². The van der Waals surface area contributed by atoms with Gasteiger partial charge in [-0.15, -0.1) is 13.2 Å². The number of H-pyrrole nitrogens is 1. The molecule has 0 aliphatic heterocycles. The number of fused-ring (bicyclic) bond motifs is 1. The summed E-state index contributed by atoms with van der Waals surface area (Å²) in [5.74, 6) is -0.387. The number of nitrogens with zero attached hydrogens (tertiary/aromatic N) is 1. The molecule has 0 radical (unpaired) electrons. The Kier molecular flexibility index (Phi) is 4.22. The molecule has 3 aromatic rings. The summed E-state index contributed by atoms with van der Waals surface area (Å²) in [6.45, 7) is -0.0737. The summed E-state index contributed by atoms with van der Waals surface area (Å²) in [5, 5.41) is 5.48. The lowest BCUT2D eigenvalue weighted by atomic mass is 10.2. The van der Waals surface area contributed by atoms with Crippen LogP contribution in [-0.4, -0.2) is 22.2 Å². The Morgan fingerprint density at radius 2 is 1.92 bits per heavy atom. The predicted octanol–water partition coefficient (Wildman–Crippen LogP) is 2.99. The number of rotatable bonds is 3. The van der Waals surface area contributed by atoms with Crippen LogP contribution < -0.4 is 15.6 Å². The summed E-state index contributed by atoms with van der Waals surface area (Å²) in [4.78, 5) is 24.2. The molecule has 130 valence electrons. The van der Waals surface area contributed by atoms with Gasteiger partial charge in [0.15, 0.2) is 0 Å². The van der Waals surface area contributed by atoms with Crippen molar-refractivity contribution in [1.82, 2.24) is 15.1 Å². The van der Waals surface area contributed by atoms with Crippen molar-refractivity contribution in [2.45, 2.75) is 12.9 Å². The van der Waals surface area contributed by atoms with E-state index in [2.05, 4.69) is 15.2 Å². The SMILES string of the molecule is O=C(NCc1cccc(OC(F)(F)F)c1)n1[nH]c2ccccc2c1=O. The Hall–Kier alpha value is -3.23. The summed E-state index contributed by atoms with van der Waals surface area (Å²) in [6.07, 6.45) is -4.79. The number of carbonyl (C=O) groups excluding carboxylic acids is 1. The number of para-hydroxylation sites is 1. The van der Waals surface area contributed by atoms with E-state index in [0.29, 0.717) is 16.5 Å². The molecule has 0 aliphatic carbocycles. The van der Waals surface area contributed by atoms with Gasteiger partial charge >= 0.3 is 12.4 Å². The quantitative estimate of drug-likeness (QED) is 0.762. The minimum Gasteiger partial charge on any atom is -0.406 e. The van der Waals surface area contributed by atoms with E-state index < -0.39 is 18.0 Å².